The number of hydrogen-bond acceptors (Lipinski definition) is 2. The summed E-state index contributed by atoms with van der Waals surface area (Å²) < 4.78 is 0. The van der Waals surface area contributed by atoms with E-state index in [1.807, 2.05) is 0 Å². The Morgan fingerprint density at radius 2 is 1.78 bits per heavy atom. The molecule has 0 saturated carbocycles. The summed E-state index contributed by atoms with van der Waals surface area (Å²) >= 11 is 0. The van der Waals surface area contributed by atoms with Gasteiger partial charge in [-0.2, -0.15) is 0 Å². The lowest BCUT2D eigenvalue weighted by atomic mass is 9.93. The zero-order chi connectivity index (χ0) is 13.0. The average molecular weight is 252 g/mol. The first-order valence-corrected chi connectivity index (χ1v) is 8.19. The topological polar surface area (TPSA) is 6.48 Å². The van der Waals surface area contributed by atoms with Crippen molar-refractivity contribution in [1.29, 1.82) is 0 Å². The molecule has 0 bridgehead atoms. The normalized spacial score (nSPS) is 29.8. The van der Waals surface area contributed by atoms with Crippen LogP contribution in [0, 0.1) is 11.8 Å². The third kappa shape index (κ3) is 3.71. The van der Waals surface area contributed by atoms with Gasteiger partial charge < -0.3 is 9.80 Å². The molecule has 2 heterocycles. The van der Waals surface area contributed by atoms with E-state index in [-0.39, 0.29) is 0 Å². The maximum absolute atomic E-state index is 2.81. The van der Waals surface area contributed by atoms with Crippen molar-refractivity contribution >= 4 is 0 Å². The molecule has 18 heavy (non-hydrogen) atoms. The van der Waals surface area contributed by atoms with Crippen molar-refractivity contribution in [2.24, 2.45) is 11.8 Å². The Bertz CT molecular complexity index is 233. The van der Waals surface area contributed by atoms with Crippen LogP contribution in [-0.2, 0) is 0 Å². The molecule has 0 aromatic carbocycles. The van der Waals surface area contributed by atoms with Crippen LogP contribution in [-0.4, -0.2) is 48.6 Å². The van der Waals surface area contributed by atoms with Gasteiger partial charge in [0.25, 0.3) is 0 Å². The molecule has 2 aliphatic rings. The first-order chi connectivity index (χ1) is 8.72. The second-order valence-electron chi connectivity index (χ2n) is 6.56. The van der Waals surface area contributed by atoms with Crippen LogP contribution in [0.25, 0.3) is 0 Å². The van der Waals surface area contributed by atoms with Crippen molar-refractivity contribution in [3.05, 3.63) is 0 Å². The van der Waals surface area contributed by atoms with Gasteiger partial charge in [0, 0.05) is 12.6 Å². The fourth-order valence-corrected chi connectivity index (χ4v) is 3.72. The summed E-state index contributed by atoms with van der Waals surface area (Å²) in [6.07, 6.45) is 7.08. The van der Waals surface area contributed by atoms with Gasteiger partial charge in [0.1, 0.15) is 0 Å². The van der Waals surface area contributed by atoms with E-state index in [1.165, 1.54) is 64.8 Å². The van der Waals surface area contributed by atoms with E-state index in [1.54, 1.807) is 0 Å². The second kappa shape index (κ2) is 6.91. The number of piperidine rings is 1. The van der Waals surface area contributed by atoms with Crippen LogP contribution in [0.1, 0.15) is 52.9 Å². The summed E-state index contributed by atoms with van der Waals surface area (Å²) in [6.45, 7) is 13.7. The zero-order valence-corrected chi connectivity index (χ0v) is 12.7. The minimum atomic E-state index is 0.898. The molecule has 2 atom stereocenters. The van der Waals surface area contributed by atoms with Crippen molar-refractivity contribution in [1.82, 2.24) is 9.80 Å². The van der Waals surface area contributed by atoms with E-state index in [9.17, 15) is 0 Å². The molecule has 2 nitrogen and oxygen atoms in total. The summed E-state index contributed by atoms with van der Waals surface area (Å²) in [5, 5.41) is 0. The Kier molecular flexibility index (Phi) is 5.50. The van der Waals surface area contributed by atoms with E-state index < -0.39 is 0 Å². The highest BCUT2D eigenvalue weighted by Crippen LogP contribution is 2.28. The van der Waals surface area contributed by atoms with Crippen molar-refractivity contribution < 1.29 is 0 Å². The van der Waals surface area contributed by atoms with Crippen LogP contribution in [0.3, 0.4) is 0 Å². The third-order valence-corrected chi connectivity index (χ3v) is 5.27. The molecule has 0 spiro atoms. The van der Waals surface area contributed by atoms with Crippen LogP contribution in [0.2, 0.25) is 0 Å². The van der Waals surface area contributed by atoms with Crippen LogP contribution in [0.15, 0.2) is 0 Å². The smallest absolute Gasteiger partial charge is 0.0120 e. The summed E-state index contributed by atoms with van der Waals surface area (Å²) in [5.74, 6) is 1.92. The van der Waals surface area contributed by atoms with Gasteiger partial charge in [-0.15, -0.1) is 0 Å². The van der Waals surface area contributed by atoms with Gasteiger partial charge in [-0.05, 0) is 63.7 Å². The maximum Gasteiger partial charge on any atom is 0.0120 e. The molecule has 0 amide bonds. The molecule has 2 fully saturated rings. The molecule has 2 aliphatic heterocycles. The predicted octanol–water partition coefficient (Wildman–Crippen LogP) is 3.23. The molecule has 2 saturated heterocycles. The van der Waals surface area contributed by atoms with Crippen LogP contribution < -0.4 is 0 Å². The molecule has 2 unspecified atom stereocenters. The van der Waals surface area contributed by atoms with Crippen LogP contribution in [0.5, 0.6) is 0 Å². The Hall–Kier alpha value is -0.0800. The summed E-state index contributed by atoms with van der Waals surface area (Å²) in [4.78, 5) is 5.41. The van der Waals surface area contributed by atoms with Crippen LogP contribution >= 0.6 is 0 Å². The maximum atomic E-state index is 2.81. The molecule has 106 valence electrons. The number of likely N-dealkylation sites (tertiary alicyclic amines) is 2. The summed E-state index contributed by atoms with van der Waals surface area (Å²) in [7, 11) is 0. The number of nitrogens with zero attached hydrogens (tertiary/aromatic N) is 2. The lowest BCUT2D eigenvalue weighted by molar-refractivity contribution is 0.126. The largest absolute Gasteiger partial charge is 0.303 e. The Morgan fingerprint density at radius 1 is 1.06 bits per heavy atom. The summed E-state index contributed by atoms with van der Waals surface area (Å²) in [5.41, 5.74) is 0. The first kappa shape index (κ1) is 14.3. The van der Waals surface area contributed by atoms with Gasteiger partial charge >= 0.3 is 0 Å². The molecule has 0 aromatic rings. The number of hydrogen-bond donors (Lipinski definition) is 0. The summed E-state index contributed by atoms with van der Waals surface area (Å²) in [6, 6.07) is 0.898. The Balaban J connectivity index is 1.72. The van der Waals surface area contributed by atoms with Crippen molar-refractivity contribution in [2.45, 2.75) is 58.9 Å². The molecule has 0 aromatic heterocycles. The minimum Gasteiger partial charge on any atom is -0.303 e. The molecule has 2 rings (SSSR count). The third-order valence-electron chi connectivity index (χ3n) is 5.27. The quantitative estimate of drug-likeness (QED) is 0.741. The second-order valence-corrected chi connectivity index (χ2v) is 6.56. The van der Waals surface area contributed by atoms with Crippen molar-refractivity contribution in [3.63, 3.8) is 0 Å². The fraction of sp³-hybridized carbons (Fsp3) is 1.00. The van der Waals surface area contributed by atoms with E-state index in [4.69, 9.17) is 0 Å². The molecule has 0 N–H and O–H groups in total. The lowest BCUT2D eigenvalue weighted by Gasteiger charge is -2.36. The number of rotatable bonds is 5. The Labute approximate surface area is 114 Å². The molecular weight excluding hydrogens is 220 g/mol. The highest BCUT2D eigenvalue weighted by Gasteiger charge is 2.30. The highest BCUT2D eigenvalue weighted by molar-refractivity contribution is 4.85. The van der Waals surface area contributed by atoms with E-state index in [0.29, 0.717) is 0 Å². The van der Waals surface area contributed by atoms with E-state index >= 15 is 0 Å². The fourth-order valence-electron chi connectivity index (χ4n) is 3.72. The van der Waals surface area contributed by atoms with Crippen molar-refractivity contribution in [2.75, 3.05) is 32.7 Å². The van der Waals surface area contributed by atoms with E-state index in [0.717, 1.165) is 17.9 Å². The predicted molar refractivity (Wildman–Crippen MR) is 78.9 cm³/mol. The Morgan fingerprint density at radius 3 is 2.39 bits per heavy atom. The monoisotopic (exact) mass is 252 g/mol. The SMILES string of the molecule is CCC(C)CC1CCN(C2CCN(CC)CC2)C1. The minimum absolute atomic E-state index is 0.898. The molecule has 0 aliphatic carbocycles. The lowest BCUT2D eigenvalue weighted by Crippen LogP contribution is -2.43. The highest BCUT2D eigenvalue weighted by atomic mass is 15.2. The molecular formula is C16H32N2. The zero-order valence-electron chi connectivity index (χ0n) is 12.7. The van der Waals surface area contributed by atoms with Gasteiger partial charge in [-0.1, -0.05) is 27.2 Å². The standard InChI is InChI=1S/C16H32N2/c1-4-14(3)12-15-6-11-18(13-15)16-7-9-17(5-2)10-8-16/h14-16H,4-13H2,1-3H3. The van der Waals surface area contributed by atoms with Gasteiger partial charge in [0.15, 0.2) is 0 Å². The van der Waals surface area contributed by atoms with Crippen LogP contribution in [0.4, 0.5) is 0 Å². The van der Waals surface area contributed by atoms with Gasteiger partial charge in [0.2, 0.25) is 0 Å². The first-order valence-electron chi connectivity index (χ1n) is 8.19. The average Bonchev–Trinajstić information content (AvgIpc) is 2.87. The molecule has 2 heteroatoms. The van der Waals surface area contributed by atoms with Gasteiger partial charge in [-0.25, -0.2) is 0 Å². The van der Waals surface area contributed by atoms with Crippen molar-refractivity contribution in [3.8, 4) is 0 Å². The van der Waals surface area contributed by atoms with Gasteiger partial charge in [0.05, 0.1) is 0 Å². The van der Waals surface area contributed by atoms with E-state index in [2.05, 4.69) is 30.6 Å². The molecule has 0 radical (unpaired) electrons. The van der Waals surface area contributed by atoms with Gasteiger partial charge in [-0.3, -0.25) is 0 Å².